The summed E-state index contributed by atoms with van der Waals surface area (Å²) in [6, 6.07) is 4.18. The molecule has 1 fully saturated rings. The Morgan fingerprint density at radius 2 is 1.95 bits per heavy atom. The van der Waals surface area contributed by atoms with E-state index in [1.54, 1.807) is 0 Å². The van der Waals surface area contributed by atoms with Crippen LogP contribution in [0.2, 0.25) is 0 Å². The largest absolute Gasteiger partial charge is 0.490 e. The summed E-state index contributed by atoms with van der Waals surface area (Å²) in [6.07, 6.45) is 10.6. The maximum atomic E-state index is 6.20. The van der Waals surface area contributed by atoms with Gasteiger partial charge in [0.2, 0.25) is 0 Å². The fourth-order valence-electron chi connectivity index (χ4n) is 3.24. The Kier molecular flexibility index (Phi) is 4.17. The topological polar surface area (TPSA) is 31.4 Å². The van der Waals surface area contributed by atoms with Crippen molar-refractivity contribution < 1.29 is 9.31 Å². The predicted octanol–water partition coefficient (Wildman–Crippen LogP) is 3.98. The number of pyridine rings is 1. The lowest BCUT2D eigenvalue weighted by atomic mass is 9.69. The molecule has 3 rings (SSSR count). The quantitative estimate of drug-likeness (QED) is 0.791. The van der Waals surface area contributed by atoms with Crippen LogP contribution in [0, 0.1) is 5.92 Å². The van der Waals surface area contributed by atoms with Crippen LogP contribution < -0.4 is 0 Å². The van der Waals surface area contributed by atoms with E-state index >= 15 is 0 Å². The first-order valence-corrected chi connectivity index (χ1v) is 8.31. The van der Waals surface area contributed by atoms with Crippen molar-refractivity contribution >= 4 is 7.12 Å². The molecular weight excluding hydrogens is 273 g/mol. The molecule has 4 heteroatoms. The minimum Gasteiger partial charge on any atom is -0.400 e. The van der Waals surface area contributed by atoms with Crippen molar-refractivity contribution in [2.24, 2.45) is 5.92 Å². The Morgan fingerprint density at radius 1 is 1.23 bits per heavy atom. The maximum absolute atomic E-state index is 6.20. The van der Waals surface area contributed by atoms with Gasteiger partial charge in [0.05, 0.1) is 11.2 Å². The van der Waals surface area contributed by atoms with Gasteiger partial charge in [-0.15, -0.1) is 0 Å². The fourth-order valence-corrected chi connectivity index (χ4v) is 3.24. The molecule has 1 unspecified atom stereocenters. The van der Waals surface area contributed by atoms with E-state index in [0.29, 0.717) is 5.92 Å². The third kappa shape index (κ3) is 3.13. The molecule has 3 nitrogen and oxygen atoms in total. The second-order valence-corrected chi connectivity index (χ2v) is 7.58. The molecule has 0 amide bonds. The Bertz CT molecular complexity index is 537. The van der Waals surface area contributed by atoms with Crippen molar-refractivity contribution in [2.45, 2.75) is 64.6 Å². The third-order valence-corrected chi connectivity index (χ3v) is 5.31. The van der Waals surface area contributed by atoms with Gasteiger partial charge in [0, 0.05) is 12.4 Å². The minimum atomic E-state index is -0.255. The van der Waals surface area contributed by atoms with E-state index in [-0.39, 0.29) is 18.3 Å². The molecule has 1 aromatic rings. The number of hydrogen-bond acceptors (Lipinski definition) is 3. The highest BCUT2D eigenvalue weighted by molar-refractivity contribution is 6.54. The van der Waals surface area contributed by atoms with Gasteiger partial charge in [0.25, 0.3) is 0 Å². The molecule has 118 valence electrons. The molecule has 0 bridgehead atoms. The standard InChI is InChI=1S/C18H26BNO2/c1-17(2)18(3,4)22-19(21-17)16-9-5-7-14(12-16)11-15-8-6-10-20-13-15/h6,8-10,13-14H,5,7,11-12H2,1-4H3. The monoisotopic (exact) mass is 299 g/mol. The third-order valence-electron chi connectivity index (χ3n) is 5.31. The van der Waals surface area contributed by atoms with E-state index in [1.807, 2.05) is 18.5 Å². The average molecular weight is 299 g/mol. The summed E-state index contributed by atoms with van der Waals surface area (Å²) < 4.78 is 12.4. The molecule has 0 aromatic carbocycles. The lowest BCUT2D eigenvalue weighted by Gasteiger charge is -2.32. The predicted molar refractivity (Wildman–Crippen MR) is 89.4 cm³/mol. The maximum Gasteiger partial charge on any atom is 0.490 e. The average Bonchev–Trinajstić information content (AvgIpc) is 2.69. The van der Waals surface area contributed by atoms with Gasteiger partial charge in [-0.3, -0.25) is 4.98 Å². The van der Waals surface area contributed by atoms with E-state index in [2.05, 4.69) is 44.8 Å². The van der Waals surface area contributed by atoms with Crippen LogP contribution in [0.25, 0.3) is 0 Å². The van der Waals surface area contributed by atoms with Gasteiger partial charge in [0.1, 0.15) is 0 Å². The number of nitrogens with zero attached hydrogens (tertiary/aromatic N) is 1. The van der Waals surface area contributed by atoms with Gasteiger partial charge in [-0.2, -0.15) is 0 Å². The molecule has 1 aliphatic heterocycles. The highest BCUT2D eigenvalue weighted by Gasteiger charge is 2.52. The summed E-state index contributed by atoms with van der Waals surface area (Å²) in [6.45, 7) is 8.46. The molecule has 1 aromatic heterocycles. The van der Waals surface area contributed by atoms with Crippen LogP contribution in [0.5, 0.6) is 0 Å². The van der Waals surface area contributed by atoms with E-state index in [4.69, 9.17) is 9.31 Å². The lowest BCUT2D eigenvalue weighted by molar-refractivity contribution is 0.00578. The van der Waals surface area contributed by atoms with Crippen molar-refractivity contribution in [3.8, 4) is 0 Å². The lowest BCUT2D eigenvalue weighted by Crippen LogP contribution is -2.41. The zero-order chi connectivity index (χ0) is 15.8. The Morgan fingerprint density at radius 3 is 2.59 bits per heavy atom. The van der Waals surface area contributed by atoms with Crippen molar-refractivity contribution in [1.82, 2.24) is 4.98 Å². The second kappa shape index (κ2) is 5.82. The van der Waals surface area contributed by atoms with Crippen LogP contribution in [-0.4, -0.2) is 23.3 Å². The van der Waals surface area contributed by atoms with Crippen LogP contribution in [0.1, 0.15) is 52.5 Å². The summed E-state index contributed by atoms with van der Waals surface area (Å²) in [7, 11) is -0.179. The van der Waals surface area contributed by atoms with Crippen LogP contribution in [0.15, 0.2) is 36.1 Å². The highest BCUT2D eigenvalue weighted by Crippen LogP contribution is 2.41. The molecule has 1 saturated heterocycles. The summed E-state index contributed by atoms with van der Waals surface area (Å²) in [5, 5.41) is 0. The molecule has 0 spiro atoms. The SMILES string of the molecule is CC1(C)OB(C2=CCCC(Cc3cccnc3)C2)OC1(C)C. The molecule has 22 heavy (non-hydrogen) atoms. The zero-order valence-electron chi connectivity index (χ0n) is 14.1. The Balaban J connectivity index is 1.65. The van der Waals surface area contributed by atoms with Crippen LogP contribution in [0.4, 0.5) is 0 Å². The number of aromatic nitrogens is 1. The van der Waals surface area contributed by atoms with Crippen LogP contribution in [0.3, 0.4) is 0 Å². The first-order chi connectivity index (χ1) is 10.4. The van der Waals surface area contributed by atoms with Crippen LogP contribution in [-0.2, 0) is 15.7 Å². The van der Waals surface area contributed by atoms with Gasteiger partial charge in [-0.25, -0.2) is 0 Å². The zero-order valence-corrected chi connectivity index (χ0v) is 14.1. The van der Waals surface area contributed by atoms with Crippen molar-refractivity contribution in [3.63, 3.8) is 0 Å². The highest BCUT2D eigenvalue weighted by atomic mass is 16.7. The Hall–Kier alpha value is -1.13. The van der Waals surface area contributed by atoms with Gasteiger partial charge < -0.3 is 9.31 Å². The number of hydrogen-bond donors (Lipinski definition) is 0. The van der Waals surface area contributed by atoms with Gasteiger partial charge >= 0.3 is 7.12 Å². The first kappa shape index (κ1) is 15.8. The van der Waals surface area contributed by atoms with E-state index in [1.165, 1.54) is 17.5 Å². The summed E-state index contributed by atoms with van der Waals surface area (Å²) in [5.41, 5.74) is 2.13. The minimum absolute atomic E-state index is 0.179. The molecule has 1 atom stereocenters. The van der Waals surface area contributed by atoms with Gasteiger partial charge in [0.15, 0.2) is 0 Å². The second-order valence-electron chi connectivity index (χ2n) is 7.58. The smallest absolute Gasteiger partial charge is 0.400 e. The molecule has 2 aliphatic rings. The molecule has 0 radical (unpaired) electrons. The number of allylic oxidation sites excluding steroid dienone is 2. The molecule has 0 saturated carbocycles. The van der Waals surface area contributed by atoms with Gasteiger partial charge in [-0.05, 0) is 76.4 Å². The first-order valence-electron chi connectivity index (χ1n) is 8.31. The summed E-state index contributed by atoms with van der Waals surface area (Å²) >= 11 is 0. The molecular formula is C18H26BNO2. The van der Waals surface area contributed by atoms with Crippen molar-refractivity contribution in [3.05, 3.63) is 41.6 Å². The van der Waals surface area contributed by atoms with Crippen molar-refractivity contribution in [2.75, 3.05) is 0 Å². The molecule has 1 aliphatic carbocycles. The van der Waals surface area contributed by atoms with Gasteiger partial charge in [-0.1, -0.05) is 12.1 Å². The summed E-state index contributed by atoms with van der Waals surface area (Å²) in [5.74, 6) is 0.656. The Labute approximate surface area is 134 Å². The summed E-state index contributed by atoms with van der Waals surface area (Å²) in [4.78, 5) is 4.22. The van der Waals surface area contributed by atoms with E-state index in [0.717, 1.165) is 19.3 Å². The molecule has 2 heterocycles. The van der Waals surface area contributed by atoms with E-state index < -0.39 is 0 Å². The van der Waals surface area contributed by atoms with Crippen LogP contribution >= 0.6 is 0 Å². The molecule has 0 N–H and O–H groups in total. The number of rotatable bonds is 3. The van der Waals surface area contributed by atoms with Crippen molar-refractivity contribution in [1.29, 1.82) is 0 Å². The fraction of sp³-hybridized carbons (Fsp3) is 0.611. The normalized spacial score (nSPS) is 26.8. The van der Waals surface area contributed by atoms with E-state index in [9.17, 15) is 0 Å².